The average molecular weight is 537 g/mol. The summed E-state index contributed by atoms with van der Waals surface area (Å²) in [7, 11) is 0. The molecule has 1 N–H and O–H groups in total. The van der Waals surface area contributed by atoms with Gasteiger partial charge in [0.1, 0.15) is 23.9 Å². The molecule has 0 bridgehead atoms. The Bertz CT molecular complexity index is 1430. The number of fused-ring (bicyclic) bond motifs is 1. The van der Waals surface area contributed by atoms with Crippen LogP contribution in [0.15, 0.2) is 84.9 Å². The van der Waals surface area contributed by atoms with Crippen LogP contribution in [-0.4, -0.2) is 68.3 Å². The largest absolute Gasteiger partial charge is 0.492 e. The van der Waals surface area contributed by atoms with Crippen molar-refractivity contribution in [2.45, 2.75) is 18.8 Å². The molecule has 206 valence electrons. The number of aromatic nitrogens is 1. The number of carbonyl (C=O) groups excluding carboxylic acids is 1. The number of pyridine rings is 1. The van der Waals surface area contributed by atoms with Gasteiger partial charge in [-0.05, 0) is 48.6 Å². The van der Waals surface area contributed by atoms with E-state index in [1.165, 1.54) is 5.56 Å². The summed E-state index contributed by atoms with van der Waals surface area (Å²) in [4.78, 5) is 22.7. The maximum atomic E-state index is 13.3. The SMILES string of the molecule is O=C(Nc1ccc(OCCN2CCOCC2)c2ccccc12)c1cccc(N2CCC(c3ccccc3)CC2)n1. The van der Waals surface area contributed by atoms with Gasteiger partial charge in [0.15, 0.2) is 0 Å². The van der Waals surface area contributed by atoms with Crippen molar-refractivity contribution < 1.29 is 14.3 Å². The summed E-state index contributed by atoms with van der Waals surface area (Å²) >= 11 is 0. The molecule has 2 saturated heterocycles. The molecule has 0 radical (unpaired) electrons. The van der Waals surface area contributed by atoms with Gasteiger partial charge >= 0.3 is 0 Å². The monoisotopic (exact) mass is 536 g/mol. The third-order valence-electron chi connectivity index (χ3n) is 7.96. The molecule has 4 aromatic rings. The predicted octanol–water partition coefficient (Wildman–Crippen LogP) is 5.58. The maximum absolute atomic E-state index is 13.3. The summed E-state index contributed by atoms with van der Waals surface area (Å²) in [5.41, 5.74) is 2.57. The summed E-state index contributed by atoms with van der Waals surface area (Å²) in [5.74, 6) is 2.03. The van der Waals surface area contributed by atoms with Gasteiger partial charge in [0.2, 0.25) is 0 Å². The van der Waals surface area contributed by atoms with E-state index in [4.69, 9.17) is 14.5 Å². The molecule has 2 fully saturated rings. The van der Waals surface area contributed by atoms with Gasteiger partial charge in [-0.25, -0.2) is 4.98 Å². The van der Waals surface area contributed by atoms with E-state index in [9.17, 15) is 4.79 Å². The van der Waals surface area contributed by atoms with Crippen molar-refractivity contribution in [1.82, 2.24) is 9.88 Å². The van der Waals surface area contributed by atoms with E-state index in [1.54, 1.807) is 6.07 Å². The molecule has 2 aliphatic rings. The van der Waals surface area contributed by atoms with Gasteiger partial charge in [-0.1, -0.05) is 60.7 Å². The second kappa shape index (κ2) is 12.5. The summed E-state index contributed by atoms with van der Waals surface area (Å²) < 4.78 is 11.6. The Morgan fingerprint density at radius 2 is 1.60 bits per heavy atom. The van der Waals surface area contributed by atoms with Crippen LogP contribution < -0.4 is 15.0 Å². The number of nitrogens with zero attached hydrogens (tertiary/aromatic N) is 3. The molecule has 2 aliphatic heterocycles. The molecule has 0 atom stereocenters. The normalized spacial score (nSPS) is 16.6. The Morgan fingerprint density at radius 1 is 0.850 bits per heavy atom. The number of carbonyl (C=O) groups is 1. The van der Waals surface area contributed by atoms with E-state index >= 15 is 0 Å². The smallest absolute Gasteiger partial charge is 0.274 e. The zero-order valence-corrected chi connectivity index (χ0v) is 22.8. The second-order valence-electron chi connectivity index (χ2n) is 10.5. The summed E-state index contributed by atoms with van der Waals surface area (Å²) in [6.45, 7) is 6.76. The lowest BCUT2D eigenvalue weighted by molar-refractivity contribution is 0.0323. The Balaban J connectivity index is 1.11. The van der Waals surface area contributed by atoms with Crippen LogP contribution >= 0.6 is 0 Å². The van der Waals surface area contributed by atoms with Gasteiger partial charge < -0.3 is 19.7 Å². The molecule has 1 aromatic heterocycles. The first-order valence-electron chi connectivity index (χ1n) is 14.3. The zero-order chi connectivity index (χ0) is 27.1. The Labute approximate surface area is 235 Å². The van der Waals surface area contributed by atoms with Crippen molar-refractivity contribution in [2.24, 2.45) is 0 Å². The molecular weight excluding hydrogens is 500 g/mol. The standard InChI is InChI=1S/C33H36N4O3/c38-33(30-11-6-12-32(34-30)37-17-15-26(16-18-37)25-7-2-1-3-8-25)35-29-13-14-31(28-10-5-4-9-27(28)29)40-24-21-36-19-22-39-23-20-36/h1-14,26H,15-24H2,(H,35,38). The topological polar surface area (TPSA) is 66.9 Å². The molecule has 6 rings (SSSR count). The number of piperidine rings is 1. The van der Waals surface area contributed by atoms with Gasteiger partial charge in [-0.15, -0.1) is 0 Å². The minimum Gasteiger partial charge on any atom is -0.492 e. The highest BCUT2D eigenvalue weighted by molar-refractivity contribution is 6.09. The van der Waals surface area contributed by atoms with Crippen LogP contribution in [0.1, 0.15) is 34.8 Å². The molecule has 1 amide bonds. The fourth-order valence-electron chi connectivity index (χ4n) is 5.70. The predicted molar refractivity (Wildman–Crippen MR) is 160 cm³/mol. The fourth-order valence-corrected chi connectivity index (χ4v) is 5.70. The summed E-state index contributed by atoms with van der Waals surface area (Å²) in [6, 6.07) is 28.3. The molecule has 0 spiro atoms. The highest BCUT2D eigenvalue weighted by Gasteiger charge is 2.22. The number of anilines is 2. The third kappa shape index (κ3) is 6.11. The number of hydrogen-bond donors (Lipinski definition) is 1. The van der Waals surface area contributed by atoms with E-state index in [2.05, 4.69) is 45.4 Å². The van der Waals surface area contributed by atoms with Crippen LogP contribution in [-0.2, 0) is 4.74 Å². The van der Waals surface area contributed by atoms with E-state index in [0.717, 1.165) is 86.8 Å². The molecule has 7 heteroatoms. The average Bonchev–Trinajstić information content (AvgIpc) is 3.03. The fraction of sp³-hybridized carbons (Fsp3) is 0.333. The summed E-state index contributed by atoms with van der Waals surface area (Å²) in [5, 5.41) is 5.02. The quantitative estimate of drug-likeness (QED) is 0.317. The van der Waals surface area contributed by atoms with Crippen molar-refractivity contribution in [3.63, 3.8) is 0 Å². The van der Waals surface area contributed by atoms with Crippen molar-refractivity contribution >= 4 is 28.2 Å². The minimum absolute atomic E-state index is 0.216. The zero-order valence-electron chi connectivity index (χ0n) is 22.8. The van der Waals surface area contributed by atoms with E-state index < -0.39 is 0 Å². The van der Waals surface area contributed by atoms with Crippen LogP contribution in [0.5, 0.6) is 5.75 Å². The van der Waals surface area contributed by atoms with Gasteiger partial charge in [0.05, 0.1) is 13.2 Å². The first kappa shape index (κ1) is 26.3. The highest BCUT2D eigenvalue weighted by atomic mass is 16.5. The molecule has 3 aromatic carbocycles. The van der Waals surface area contributed by atoms with Gasteiger partial charge in [0, 0.05) is 49.2 Å². The molecular formula is C33H36N4O3. The van der Waals surface area contributed by atoms with Crippen LogP contribution in [0.25, 0.3) is 10.8 Å². The highest BCUT2D eigenvalue weighted by Crippen LogP contribution is 2.33. The third-order valence-corrected chi connectivity index (χ3v) is 7.96. The molecule has 3 heterocycles. The first-order chi connectivity index (χ1) is 19.7. The Kier molecular flexibility index (Phi) is 8.21. The van der Waals surface area contributed by atoms with Crippen molar-refractivity contribution in [1.29, 1.82) is 0 Å². The van der Waals surface area contributed by atoms with E-state index in [-0.39, 0.29) is 5.91 Å². The van der Waals surface area contributed by atoms with Crippen LogP contribution in [0.2, 0.25) is 0 Å². The number of ether oxygens (including phenoxy) is 2. The molecule has 0 aliphatic carbocycles. The first-order valence-corrected chi connectivity index (χ1v) is 14.3. The number of rotatable bonds is 8. The Hall–Kier alpha value is -3.94. The van der Waals surface area contributed by atoms with Crippen molar-refractivity contribution in [3.8, 4) is 5.75 Å². The van der Waals surface area contributed by atoms with Crippen molar-refractivity contribution in [3.05, 3.63) is 96.2 Å². The molecule has 40 heavy (non-hydrogen) atoms. The van der Waals surface area contributed by atoms with Crippen LogP contribution in [0.3, 0.4) is 0 Å². The molecule has 0 saturated carbocycles. The van der Waals surface area contributed by atoms with E-state index in [1.807, 2.05) is 48.5 Å². The number of benzene rings is 3. The second-order valence-corrected chi connectivity index (χ2v) is 10.5. The van der Waals surface area contributed by atoms with Crippen LogP contribution in [0, 0.1) is 0 Å². The number of amides is 1. The lowest BCUT2D eigenvalue weighted by atomic mass is 9.89. The van der Waals surface area contributed by atoms with E-state index in [0.29, 0.717) is 18.2 Å². The lowest BCUT2D eigenvalue weighted by Gasteiger charge is -2.33. The molecule has 7 nitrogen and oxygen atoms in total. The van der Waals surface area contributed by atoms with Crippen LogP contribution in [0.4, 0.5) is 11.5 Å². The number of morpholine rings is 1. The maximum Gasteiger partial charge on any atom is 0.274 e. The Morgan fingerprint density at radius 3 is 2.40 bits per heavy atom. The number of hydrogen-bond acceptors (Lipinski definition) is 6. The molecule has 0 unspecified atom stereocenters. The van der Waals surface area contributed by atoms with Gasteiger partial charge in [0.25, 0.3) is 5.91 Å². The van der Waals surface area contributed by atoms with Gasteiger partial charge in [-0.3, -0.25) is 9.69 Å². The summed E-state index contributed by atoms with van der Waals surface area (Å²) in [6.07, 6.45) is 2.16. The minimum atomic E-state index is -0.216. The number of nitrogens with one attached hydrogen (secondary N) is 1. The van der Waals surface area contributed by atoms with Gasteiger partial charge in [-0.2, -0.15) is 0 Å². The van der Waals surface area contributed by atoms with Crippen molar-refractivity contribution in [2.75, 3.05) is 62.8 Å². The lowest BCUT2D eigenvalue weighted by Crippen LogP contribution is -2.38.